The van der Waals surface area contributed by atoms with E-state index in [9.17, 15) is 18.0 Å². The van der Waals surface area contributed by atoms with Crippen molar-refractivity contribution in [2.75, 3.05) is 15.8 Å². The highest BCUT2D eigenvalue weighted by atomic mass is 32.2. The third-order valence-corrected chi connectivity index (χ3v) is 4.66. The Bertz CT molecular complexity index is 880. The Morgan fingerprint density at radius 3 is 2.15 bits per heavy atom. The van der Waals surface area contributed by atoms with Gasteiger partial charge in [0.05, 0.1) is 18.1 Å². The average molecular weight is 378 g/mol. The lowest BCUT2D eigenvalue weighted by molar-refractivity contribution is 0.0689. The van der Waals surface area contributed by atoms with Gasteiger partial charge in [0.2, 0.25) is 10.0 Å². The predicted octanol–water partition coefficient (Wildman–Crippen LogP) is 1.97. The number of carbonyl (C=O) groups is 2. The number of hydrogen-bond donors (Lipinski definition) is 3. The molecule has 1 aromatic heterocycles. The second kappa shape index (κ2) is 8.39. The first kappa shape index (κ1) is 19.3. The molecule has 2 aromatic rings. The monoisotopic (exact) mass is 378 g/mol. The summed E-state index contributed by atoms with van der Waals surface area (Å²) < 4.78 is 26.2. The minimum Gasteiger partial charge on any atom is -0.476 e. The van der Waals surface area contributed by atoms with E-state index in [0.717, 1.165) is 18.8 Å². The van der Waals surface area contributed by atoms with E-state index < -0.39 is 21.9 Å². The number of sulfonamides is 1. The minimum atomic E-state index is -3.39. The van der Waals surface area contributed by atoms with Gasteiger partial charge in [-0.25, -0.2) is 23.2 Å². The molecular weight excluding hydrogens is 360 g/mol. The zero-order valence-corrected chi connectivity index (χ0v) is 14.8. The van der Waals surface area contributed by atoms with Gasteiger partial charge in [0.15, 0.2) is 5.69 Å². The average Bonchev–Trinajstić information content (AvgIpc) is 2.61. The van der Waals surface area contributed by atoms with Crippen LogP contribution in [0.4, 0.5) is 11.4 Å². The van der Waals surface area contributed by atoms with Crippen molar-refractivity contribution in [3.63, 3.8) is 0 Å². The number of amides is 1. The van der Waals surface area contributed by atoms with Crippen LogP contribution >= 0.6 is 0 Å². The number of anilines is 2. The number of rotatable bonds is 8. The first-order valence-electron chi connectivity index (χ1n) is 7.78. The number of aromatic carboxylic acids is 1. The second-order valence-electron chi connectivity index (χ2n) is 5.40. The standard InChI is InChI=1S/C16H18N4O5S/c1-2-3-8-26(24,25)20-12-6-4-11(5-7-12)19-15(21)13-9-18-14(10-17-13)16(22)23/h4-7,9-10,20H,2-3,8H2,1H3,(H,19,21)(H,22,23). The minimum absolute atomic E-state index is 0.0423. The lowest BCUT2D eigenvalue weighted by atomic mass is 10.3. The van der Waals surface area contributed by atoms with Crippen LogP contribution in [0, 0.1) is 0 Å². The first-order chi connectivity index (χ1) is 12.3. The molecule has 0 aliphatic heterocycles. The predicted molar refractivity (Wildman–Crippen MR) is 95.7 cm³/mol. The van der Waals surface area contributed by atoms with Crippen LogP contribution in [0.2, 0.25) is 0 Å². The molecular formula is C16H18N4O5S. The summed E-state index contributed by atoms with van der Waals surface area (Å²) in [5, 5.41) is 11.3. The van der Waals surface area contributed by atoms with E-state index in [2.05, 4.69) is 20.0 Å². The molecule has 2 rings (SSSR count). The highest BCUT2D eigenvalue weighted by Crippen LogP contribution is 2.16. The van der Waals surface area contributed by atoms with Gasteiger partial charge in [0.1, 0.15) is 5.69 Å². The number of carboxylic acids is 1. The maximum Gasteiger partial charge on any atom is 0.356 e. The molecule has 10 heteroatoms. The number of nitrogens with zero attached hydrogens (tertiary/aromatic N) is 2. The molecule has 0 bridgehead atoms. The number of carboxylic acid groups (broad SMARTS) is 1. The lowest BCUT2D eigenvalue weighted by Crippen LogP contribution is -2.17. The molecule has 0 atom stereocenters. The number of carbonyl (C=O) groups excluding carboxylic acids is 1. The van der Waals surface area contributed by atoms with Gasteiger partial charge in [0.25, 0.3) is 5.91 Å². The van der Waals surface area contributed by atoms with Gasteiger partial charge in [-0.2, -0.15) is 0 Å². The van der Waals surface area contributed by atoms with Crippen LogP contribution in [0.15, 0.2) is 36.7 Å². The Morgan fingerprint density at radius 1 is 1.04 bits per heavy atom. The van der Waals surface area contributed by atoms with Gasteiger partial charge in [-0.15, -0.1) is 0 Å². The van der Waals surface area contributed by atoms with E-state index in [1.54, 1.807) is 0 Å². The number of hydrogen-bond acceptors (Lipinski definition) is 6. The number of aromatic nitrogens is 2. The van der Waals surface area contributed by atoms with Gasteiger partial charge in [-0.1, -0.05) is 13.3 Å². The van der Waals surface area contributed by atoms with Crippen LogP contribution in [0.1, 0.15) is 40.7 Å². The van der Waals surface area contributed by atoms with Crippen LogP contribution in [0.25, 0.3) is 0 Å². The summed E-state index contributed by atoms with van der Waals surface area (Å²) in [6.45, 7) is 1.91. The molecule has 0 spiro atoms. The smallest absolute Gasteiger partial charge is 0.356 e. The first-order valence-corrected chi connectivity index (χ1v) is 9.43. The third-order valence-electron chi connectivity index (χ3n) is 3.29. The summed E-state index contributed by atoms with van der Waals surface area (Å²) in [6, 6.07) is 6.12. The molecule has 9 nitrogen and oxygen atoms in total. The Hall–Kier alpha value is -3.01. The Labute approximate surface area is 150 Å². The van der Waals surface area contributed by atoms with Crippen LogP contribution in [-0.2, 0) is 10.0 Å². The van der Waals surface area contributed by atoms with E-state index in [-0.39, 0.29) is 17.1 Å². The molecule has 1 aromatic carbocycles. The molecule has 0 radical (unpaired) electrons. The summed E-state index contributed by atoms with van der Waals surface area (Å²) in [4.78, 5) is 30.1. The highest BCUT2D eigenvalue weighted by Gasteiger charge is 2.12. The van der Waals surface area contributed by atoms with Crippen molar-refractivity contribution in [3.05, 3.63) is 48.0 Å². The maximum atomic E-state index is 12.1. The third kappa shape index (κ3) is 5.52. The molecule has 0 aliphatic carbocycles. The van der Waals surface area contributed by atoms with Gasteiger partial charge in [0, 0.05) is 11.4 Å². The molecule has 0 fully saturated rings. The zero-order chi connectivity index (χ0) is 19.2. The molecule has 138 valence electrons. The molecule has 0 saturated carbocycles. The van der Waals surface area contributed by atoms with Crippen molar-refractivity contribution >= 4 is 33.3 Å². The molecule has 1 amide bonds. The zero-order valence-electron chi connectivity index (χ0n) is 14.0. The fourth-order valence-corrected chi connectivity index (χ4v) is 3.20. The second-order valence-corrected chi connectivity index (χ2v) is 7.24. The Kier molecular flexibility index (Phi) is 6.23. The van der Waals surface area contributed by atoms with Crippen LogP contribution in [0.3, 0.4) is 0 Å². The molecule has 0 aliphatic rings. The van der Waals surface area contributed by atoms with Crippen molar-refractivity contribution < 1.29 is 23.1 Å². The van der Waals surface area contributed by atoms with Gasteiger partial charge in [-0.3, -0.25) is 9.52 Å². The summed E-state index contributed by atoms with van der Waals surface area (Å²) in [5.74, 6) is -1.75. The quantitative estimate of drug-likeness (QED) is 0.638. The molecule has 0 saturated heterocycles. The SMILES string of the molecule is CCCCS(=O)(=O)Nc1ccc(NC(=O)c2cnc(C(=O)O)cn2)cc1. The van der Waals surface area contributed by atoms with Gasteiger partial charge in [-0.05, 0) is 30.7 Å². The summed E-state index contributed by atoms with van der Waals surface area (Å²) in [5.41, 5.74) is 0.515. The summed E-state index contributed by atoms with van der Waals surface area (Å²) >= 11 is 0. The van der Waals surface area contributed by atoms with Crippen molar-refractivity contribution in [1.29, 1.82) is 0 Å². The number of nitrogens with one attached hydrogen (secondary N) is 2. The van der Waals surface area contributed by atoms with E-state index in [1.165, 1.54) is 24.3 Å². The van der Waals surface area contributed by atoms with E-state index in [4.69, 9.17) is 5.11 Å². The van der Waals surface area contributed by atoms with Crippen LogP contribution in [-0.4, -0.2) is 41.1 Å². The molecule has 3 N–H and O–H groups in total. The van der Waals surface area contributed by atoms with E-state index in [0.29, 0.717) is 17.8 Å². The van der Waals surface area contributed by atoms with Crippen molar-refractivity contribution in [2.45, 2.75) is 19.8 Å². The van der Waals surface area contributed by atoms with Crippen LogP contribution < -0.4 is 10.0 Å². The van der Waals surface area contributed by atoms with Gasteiger partial charge < -0.3 is 10.4 Å². The lowest BCUT2D eigenvalue weighted by Gasteiger charge is -2.09. The number of benzene rings is 1. The van der Waals surface area contributed by atoms with Crippen molar-refractivity contribution in [2.24, 2.45) is 0 Å². The normalized spacial score (nSPS) is 11.0. The van der Waals surface area contributed by atoms with E-state index in [1.807, 2.05) is 6.92 Å². The summed E-state index contributed by atoms with van der Waals surface area (Å²) in [6.07, 6.45) is 3.41. The number of unbranched alkanes of at least 4 members (excludes halogenated alkanes) is 1. The Balaban J connectivity index is 2.00. The Morgan fingerprint density at radius 2 is 1.62 bits per heavy atom. The largest absolute Gasteiger partial charge is 0.476 e. The van der Waals surface area contributed by atoms with E-state index >= 15 is 0 Å². The highest BCUT2D eigenvalue weighted by molar-refractivity contribution is 7.92. The fraction of sp³-hybridized carbons (Fsp3) is 0.250. The van der Waals surface area contributed by atoms with Crippen molar-refractivity contribution in [1.82, 2.24) is 9.97 Å². The molecule has 26 heavy (non-hydrogen) atoms. The fourth-order valence-electron chi connectivity index (χ4n) is 1.94. The van der Waals surface area contributed by atoms with Gasteiger partial charge >= 0.3 is 5.97 Å². The maximum absolute atomic E-state index is 12.1. The molecule has 0 unspecified atom stereocenters. The van der Waals surface area contributed by atoms with Crippen LogP contribution in [0.5, 0.6) is 0 Å². The topological polar surface area (TPSA) is 138 Å². The molecule has 1 heterocycles. The van der Waals surface area contributed by atoms with Crippen molar-refractivity contribution in [3.8, 4) is 0 Å². The summed E-state index contributed by atoms with van der Waals surface area (Å²) in [7, 11) is -3.39.